The number of nitriles is 1. The van der Waals surface area contributed by atoms with E-state index in [1.807, 2.05) is 6.92 Å². The molecule has 0 aliphatic heterocycles. The van der Waals surface area contributed by atoms with Gasteiger partial charge in [-0.05, 0) is 26.7 Å². The van der Waals surface area contributed by atoms with Crippen LogP contribution in [0, 0.1) is 11.3 Å². The number of carbonyl (C=O) groups excluding carboxylic acids is 1. The van der Waals surface area contributed by atoms with Crippen LogP contribution in [0.25, 0.3) is 0 Å². The summed E-state index contributed by atoms with van der Waals surface area (Å²) < 4.78 is 2.17. The van der Waals surface area contributed by atoms with Crippen molar-refractivity contribution in [3.05, 3.63) is 32.6 Å². The zero-order valence-electron chi connectivity index (χ0n) is 14.3. The summed E-state index contributed by atoms with van der Waals surface area (Å²) >= 11 is 0. The maximum atomic E-state index is 12.7. The number of aryl methyl sites for hydroxylation is 1. The van der Waals surface area contributed by atoms with Gasteiger partial charge in [0.05, 0.1) is 0 Å². The molecule has 0 N–H and O–H groups in total. The second-order valence-corrected chi connectivity index (χ2v) is 6.09. The fourth-order valence-electron chi connectivity index (χ4n) is 3.35. The Morgan fingerprint density at radius 2 is 1.96 bits per heavy atom. The second kappa shape index (κ2) is 7.95. The average Bonchev–Trinajstić information content (AvgIpc) is 2.60. The average molecular weight is 332 g/mol. The van der Waals surface area contributed by atoms with Crippen LogP contribution in [0.1, 0.15) is 51.5 Å². The van der Waals surface area contributed by atoms with Gasteiger partial charge in [-0.15, -0.1) is 0 Å². The van der Waals surface area contributed by atoms with Crippen molar-refractivity contribution >= 4 is 5.91 Å². The smallest absolute Gasteiger partial charge is 0.331 e. The lowest BCUT2D eigenvalue weighted by Gasteiger charge is -2.33. The van der Waals surface area contributed by atoms with Crippen LogP contribution in [-0.4, -0.2) is 32.5 Å². The molecule has 130 valence electrons. The van der Waals surface area contributed by atoms with E-state index in [0.29, 0.717) is 13.1 Å². The highest BCUT2D eigenvalue weighted by Gasteiger charge is 2.25. The monoisotopic (exact) mass is 332 g/mol. The van der Waals surface area contributed by atoms with Gasteiger partial charge in [-0.25, -0.2) is 9.36 Å². The number of aromatic nitrogens is 2. The molecular weight excluding hydrogens is 308 g/mol. The quantitative estimate of drug-likeness (QED) is 0.807. The first-order valence-corrected chi connectivity index (χ1v) is 8.57. The molecule has 0 unspecified atom stereocenters. The molecule has 0 atom stereocenters. The highest BCUT2D eigenvalue weighted by Crippen LogP contribution is 2.22. The Morgan fingerprint density at radius 1 is 1.29 bits per heavy atom. The van der Waals surface area contributed by atoms with E-state index in [4.69, 9.17) is 5.26 Å². The van der Waals surface area contributed by atoms with Gasteiger partial charge >= 0.3 is 5.69 Å². The minimum absolute atomic E-state index is 0.120. The molecule has 24 heavy (non-hydrogen) atoms. The van der Waals surface area contributed by atoms with Gasteiger partial charge in [0.1, 0.15) is 18.2 Å². The fraction of sp³-hybridized carbons (Fsp3) is 0.647. The van der Waals surface area contributed by atoms with E-state index in [2.05, 4.69) is 0 Å². The molecule has 0 spiro atoms. The van der Waals surface area contributed by atoms with Crippen molar-refractivity contribution in [1.29, 1.82) is 5.26 Å². The van der Waals surface area contributed by atoms with Gasteiger partial charge in [0.25, 0.3) is 5.56 Å². The van der Waals surface area contributed by atoms with Crippen LogP contribution in [-0.2, 0) is 17.9 Å². The van der Waals surface area contributed by atoms with Crippen LogP contribution < -0.4 is 11.2 Å². The molecule has 1 aromatic heterocycles. The van der Waals surface area contributed by atoms with Gasteiger partial charge in [0.2, 0.25) is 5.91 Å². The van der Waals surface area contributed by atoms with Crippen molar-refractivity contribution < 1.29 is 4.79 Å². The molecule has 1 heterocycles. The van der Waals surface area contributed by atoms with Crippen molar-refractivity contribution in [3.63, 3.8) is 0 Å². The lowest BCUT2D eigenvalue weighted by Crippen LogP contribution is -2.48. The van der Waals surface area contributed by atoms with Crippen molar-refractivity contribution in [2.75, 3.05) is 6.54 Å². The highest BCUT2D eigenvalue weighted by molar-refractivity contribution is 5.76. The lowest BCUT2D eigenvalue weighted by molar-refractivity contribution is -0.134. The Labute approximate surface area is 141 Å². The molecule has 1 aliphatic carbocycles. The third-order valence-corrected chi connectivity index (χ3v) is 4.67. The fourth-order valence-corrected chi connectivity index (χ4v) is 3.35. The molecule has 1 aromatic rings. The normalized spacial score (nSPS) is 15.0. The number of hydrogen-bond donors (Lipinski definition) is 0. The van der Waals surface area contributed by atoms with E-state index < -0.39 is 11.2 Å². The van der Waals surface area contributed by atoms with Gasteiger partial charge < -0.3 is 4.90 Å². The number of amides is 1. The Hall–Kier alpha value is -2.36. The summed E-state index contributed by atoms with van der Waals surface area (Å²) in [5.74, 6) is -0.235. The Balaban J connectivity index is 2.32. The first-order chi connectivity index (χ1) is 11.5. The molecule has 0 bridgehead atoms. The van der Waals surface area contributed by atoms with Crippen molar-refractivity contribution in [2.45, 2.75) is 65.1 Å². The van der Waals surface area contributed by atoms with E-state index in [9.17, 15) is 14.4 Å². The molecule has 0 saturated heterocycles. The maximum absolute atomic E-state index is 12.7. The van der Waals surface area contributed by atoms with E-state index in [1.165, 1.54) is 17.2 Å². The Morgan fingerprint density at radius 3 is 2.50 bits per heavy atom. The lowest BCUT2D eigenvalue weighted by atomic mass is 9.94. The number of likely N-dealkylation sites (N-methyl/N-ethyl adjacent to an activating group) is 1. The summed E-state index contributed by atoms with van der Waals surface area (Å²) in [5, 5.41) is 9.07. The van der Waals surface area contributed by atoms with Crippen LogP contribution in [0.3, 0.4) is 0 Å². The highest BCUT2D eigenvalue weighted by atomic mass is 16.2. The van der Waals surface area contributed by atoms with E-state index in [0.717, 1.165) is 30.3 Å². The summed E-state index contributed by atoms with van der Waals surface area (Å²) in [7, 11) is 0. The van der Waals surface area contributed by atoms with E-state index >= 15 is 0 Å². The Bertz CT molecular complexity index is 751. The van der Waals surface area contributed by atoms with Gasteiger partial charge in [-0.2, -0.15) is 5.26 Å². The molecule has 2 rings (SSSR count). The number of nitrogens with zero attached hydrogens (tertiary/aromatic N) is 4. The predicted molar refractivity (Wildman–Crippen MR) is 89.6 cm³/mol. The third kappa shape index (κ3) is 3.58. The molecule has 1 amide bonds. The molecule has 1 saturated carbocycles. The number of carbonyl (C=O) groups is 1. The molecular formula is C17H24N4O3. The SMILES string of the molecule is CCN(C(=O)Cn1c(=O)c(C#N)cn(CC)c1=O)C1CCCCC1. The zero-order valence-corrected chi connectivity index (χ0v) is 14.3. The minimum atomic E-state index is -0.694. The minimum Gasteiger partial charge on any atom is -0.338 e. The van der Waals surface area contributed by atoms with E-state index in [1.54, 1.807) is 17.9 Å². The van der Waals surface area contributed by atoms with Crippen LogP contribution >= 0.6 is 0 Å². The summed E-state index contributed by atoms with van der Waals surface area (Å²) in [6.07, 6.45) is 6.57. The molecule has 0 aromatic carbocycles. The van der Waals surface area contributed by atoms with Crippen molar-refractivity contribution in [2.24, 2.45) is 0 Å². The summed E-state index contributed by atoms with van der Waals surface area (Å²) in [6, 6.07) is 1.98. The van der Waals surface area contributed by atoms with Crippen molar-refractivity contribution in [1.82, 2.24) is 14.0 Å². The van der Waals surface area contributed by atoms with Crippen LogP contribution in [0.15, 0.2) is 15.8 Å². The first-order valence-electron chi connectivity index (χ1n) is 8.57. The predicted octanol–water partition coefficient (Wildman–Crippen LogP) is 1.08. The summed E-state index contributed by atoms with van der Waals surface area (Å²) in [5.41, 5.74) is -1.36. The molecule has 7 nitrogen and oxygen atoms in total. The second-order valence-electron chi connectivity index (χ2n) is 6.09. The number of rotatable bonds is 5. The van der Waals surface area contributed by atoms with Crippen LogP contribution in [0.2, 0.25) is 0 Å². The largest absolute Gasteiger partial charge is 0.338 e. The number of hydrogen-bond acceptors (Lipinski definition) is 4. The summed E-state index contributed by atoms with van der Waals surface area (Å²) in [4.78, 5) is 39.1. The summed E-state index contributed by atoms with van der Waals surface area (Å²) in [6.45, 7) is 4.24. The zero-order chi connectivity index (χ0) is 17.7. The van der Waals surface area contributed by atoms with Gasteiger partial charge in [-0.3, -0.25) is 14.2 Å². The standard InChI is InChI=1S/C17H24N4O3/c1-3-19-11-13(10-18)16(23)21(17(19)24)12-15(22)20(4-2)14-8-6-5-7-9-14/h11,14H,3-9,12H2,1-2H3. The van der Waals surface area contributed by atoms with Crippen LogP contribution in [0.4, 0.5) is 0 Å². The Kier molecular flexibility index (Phi) is 5.96. The molecule has 1 aliphatic rings. The van der Waals surface area contributed by atoms with E-state index in [-0.39, 0.29) is 24.1 Å². The molecule has 7 heteroatoms. The van der Waals surface area contributed by atoms with Gasteiger partial charge in [0, 0.05) is 25.3 Å². The topological polar surface area (TPSA) is 88.1 Å². The van der Waals surface area contributed by atoms with Crippen LogP contribution in [0.5, 0.6) is 0 Å². The van der Waals surface area contributed by atoms with Gasteiger partial charge in [-0.1, -0.05) is 19.3 Å². The first kappa shape index (κ1) is 18.0. The third-order valence-electron chi connectivity index (χ3n) is 4.67. The molecule has 0 radical (unpaired) electrons. The molecule has 1 fully saturated rings. The maximum Gasteiger partial charge on any atom is 0.331 e. The van der Waals surface area contributed by atoms with Crippen molar-refractivity contribution in [3.8, 4) is 6.07 Å². The van der Waals surface area contributed by atoms with Gasteiger partial charge in [0.15, 0.2) is 0 Å².